The van der Waals surface area contributed by atoms with Crippen LogP contribution in [0.15, 0.2) is 30.3 Å². The molecule has 1 aromatic rings. The second-order valence-electron chi connectivity index (χ2n) is 5.30. The predicted octanol–water partition coefficient (Wildman–Crippen LogP) is 1.98. The fourth-order valence-electron chi connectivity index (χ4n) is 1.94. The number of benzene rings is 1. The molecule has 0 bridgehead atoms. The summed E-state index contributed by atoms with van der Waals surface area (Å²) < 4.78 is 0. The van der Waals surface area contributed by atoms with Gasteiger partial charge in [0.2, 0.25) is 0 Å². The Kier molecular flexibility index (Phi) is 6.03. The van der Waals surface area contributed by atoms with E-state index in [0.29, 0.717) is 12.5 Å². The summed E-state index contributed by atoms with van der Waals surface area (Å²) in [4.78, 5) is 24.7. The van der Waals surface area contributed by atoms with Crippen molar-refractivity contribution >= 4 is 12.0 Å². The Hall–Kier alpha value is -2.04. The summed E-state index contributed by atoms with van der Waals surface area (Å²) in [6, 6.07) is 7.98. The van der Waals surface area contributed by atoms with Gasteiger partial charge >= 0.3 is 12.0 Å². The molecule has 5 nitrogen and oxygen atoms in total. The van der Waals surface area contributed by atoms with E-state index in [1.807, 2.05) is 44.2 Å². The number of rotatable bonds is 6. The third-order valence-corrected chi connectivity index (χ3v) is 2.86. The highest BCUT2D eigenvalue weighted by Crippen LogP contribution is 2.04. The number of carbonyl (C=O) groups excluding carboxylic acids is 1. The van der Waals surface area contributed by atoms with Crippen LogP contribution in [0.1, 0.15) is 19.4 Å². The maximum atomic E-state index is 11.9. The zero-order valence-corrected chi connectivity index (χ0v) is 12.2. The first-order valence-corrected chi connectivity index (χ1v) is 6.68. The summed E-state index contributed by atoms with van der Waals surface area (Å²) in [5, 5.41) is 11.8. The molecular formula is C15H22N2O3. The molecule has 0 saturated heterocycles. The quantitative estimate of drug-likeness (QED) is 0.836. The molecule has 0 aliphatic rings. The molecule has 0 unspecified atom stereocenters. The molecule has 0 aromatic heterocycles. The van der Waals surface area contributed by atoms with E-state index in [-0.39, 0.29) is 12.5 Å². The lowest BCUT2D eigenvalue weighted by molar-refractivity contribution is -0.139. The number of carboxylic acid groups (broad SMARTS) is 1. The monoisotopic (exact) mass is 278 g/mol. The van der Waals surface area contributed by atoms with Crippen LogP contribution < -0.4 is 5.32 Å². The molecule has 5 heteroatoms. The number of hydrogen-bond donors (Lipinski definition) is 2. The molecule has 0 saturated carbocycles. The Labute approximate surface area is 119 Å². The number of aliphatic carboxylic acids is 1. The highest BCUT2D eigenvalue weighted by Gasteiger charge is 2.22. The third kappa shape index (κ3) is 5.30. The van der Waals surface area contributed by atoms with Gasteiger partial charge in [0.15, 0.2) is 0 Å². The highest BCUT2D eigenvalue weighted by atomic mass is 16.4. The Balaban J connectivity index is 2.64. The number of nitrogens with one attached hydrogen (secondary N) is 1. The van der Waals surface area contributed by atoms with Gasteiger partial charge in [-0.1, -0.05) is 44.2 Å². The zero-order chi connectivity index (χ0) is 15.1. The van der Waals surface area contributed by atoms with Gasteiger partial charge in [0.25, 0.3) is 0 Å². The van der Waals surface area contributed by atoms with E-state index < -0.39 is 12.0 Å². The van der Waals surface area contributed by atoms with Crippen molar-refractivity contribution in [1.82, 2.24) is 10.2 Å². The van der Waals surface area contributed by atoms with Crippen LogP contribution in [0.4, 0.5) is 4.79 Å². The SMILES string of the molecule is CC(C)CN(C)C(=O)N[C@H](Cc1ccccc1)C(=O)O. The van der Waals surface area contributed by atoms with Gasteiger partial charge in [-0.05, 0) is 11.5 Å². The maximum Gasteiger partial charge on any atom is 0.326 e. The number of nitrogens with zero attached hydrogens (tertiary/aromatic N) is 1. The minimum atomic E-state index is -1.03. The largest absolute Gasteiger partial charge is 0.480 e. The summed E-state index contributed by atoms with van der Waals surface area (Å²) in [5.74, 6) is -0.691. The van der Waals surface area contributed by atoms with E-state index in [2.05, 4.69) is 5.32 Å². The van der Waals surface area contributed by atoms with Crippen LogP contribution in [0.5, 0.6) is 0 Å². The second kappa shape index (κ2) is 7.53. The van der Waals surface area contributed by atoms with E-state index in [0.717, 1.165) is 5.56 Å². The average molecular weight is 278 g/mol. The molecule has 0 aliphatic heterocycles. The molecule has 0 heterocycles. The van der Waals surface area contributed by atoms with E-state index >= 15 is 0 Å². The number of hydrogen-bond acceptors (Lipinski definition) is 2. The van der Waals surface area contributed by atoms with Gasteiger partial charge in [0.1, 0.15) is 6.04 Å². The topological polar surface area (TPSA) is 69.6 Å². The highest BCUT2D eigenvalue weighted by molar-refractivity contribution is 5.82. The summed E-state index contributed by atoms with van der Waals surface area (Å²) >= 11 is 0. The van der Waals surface area contributed by atoms with E-state index in [4.69, 9.17) is 0 Å². The predicted molar refractivity (Wildman–Crippen MR) is 77.6 cm³/mol. The average Bonchev–Trinajstić information content (AvgIpc) is 2.38. The van der Waals surface area contributed by atoms with Crippen LogP contribution >= 0.6 is 0 Å². The van der Waals surface area contributed by atoms with Crippen LogP contribution in [0, 0.1) is 5.92 Å². The van der Waals surface area contributed by atoms with Crippen LogP contribution in [-0.2, 0) is 11.2 Å². The lowest BCUT2D eigenvalue weighted by Crippen LogP contribution is -2.48. The molecule has 0 radical (unpaired) electrons. The van der Waals surface area contributed by atoms with Gasteiger partial charge in [-0.3, -0.25) is 0 Å². The number of carbonyl (C=O) groups is 2. The molecule has 1 rings (SSSR count). The van der Waals surface area contributed by atoms with Crippen molar-refractivity contribution in [2.24, 2.45) is 5.92 Å². The van der Waals surface area contributed by atoms with Gasteiger partial charge in [0, 0.05) is 20.0 Å². The number of carboxylic acids is 1. The van der Waals surface area contributed by atoms with E-state index in [9.17, 15) is 14.7 Å². The standard InChI is InChI=1S/C15H22N2O3/c1-11(2)10-17(3)15(20)16-13(14(18)19)9-12-7-5-4-6-8-12/h4-8,11,13H,9-10H2,1-3H3,(H,16,20)(H,18,19)/t13-/m1/s1. The molecule has 1 aromatic carbocycles. The number of amides is 2. The number of urea groups is 1. The normalized spacial score (nSPS) is 12.0. The van der Waals surface area contributed by atoms with E-state index in [1.165, 1.54) is 4.90 Å². The van der Waals surface area contributed by atoms with Crippen molar-refractivity contribution in [2.45, 2.75) is 26.3 Å². The van der Waals surface area contributed by atoms with Crippen molar-refractivity contribution in [3.63, 3.8) is 0 Å². The molecule has 110 valence electrons. The lowest BCUT2D eigenvalue weighted by Gasteiger charge is -2.22. The van der Waals surface area contributed by atoms with Gasteiger partial charge < -0.3 is 15.3 Å². The first kappa shape index (κ1) is 16.0. The fraction of sp³-hybridized carbons (Fsp3) is 0.467. The molecule has 2 N–H and O–H groups in total. The minimum Gasteiger partial charge on any atom is -0.480 e. The van der Waals surface area contributed by atoms with Crippen molar-refractivity contribution < 1.29 is 14.7 Å². The molecule has 1 atom stereocenters. The Morgan fingerprint density at radius 2 is 1.85 bits per heavy atom. The zero-order valence-electron chi connectivity index (χ0n) is 12.2. The molecular weight excluding hydrogens is 256 g/mol. The van der Waals surface area contributed by atoms with Gasteiger partial charge in [-0.25, -0.2) is 9.59 Å². The van der Waals surface area contributed by atoms with Crippen LogP contribution in [0.25, 0.3) is 0 Å². The van der Waals surface area contributed by atoms with Gasteiger partial charge in [-0.15, -0.1) is 0 Å². The smallest absolute Gasteiger partial charge is 0.326 e. The summed E-state index contributed by atoms with van der Waals surface area (Å²) in [6.45, 7) is 4.59. The second-order valence-corrected chi connectivity index (χ2v) is 5.30. The van der Waals surface area contributed by atoms with Crippen LogP contribution in [0.2, 0.25) is 0 Å². The van der Waals surface area contributed by atoms with Crippen LogP contribution in [-0.4, -0.2) is 41.6 Å². The fourth-order valence-corrected chi connectivity index (χ4v) is 1.94. The third-order valence-electron chi connectivity index (χ3n) is 2.86. The van der Waals surface area contributed by atoms with E-state index in [1.54, 1.807) is 7.05 Å². The van der Waals surface area contributed by atoms with Crippen molar-refractivity contribution in [3.05, 3.63) is 35.9 Å². The Morgan fingerprint density at radius 1 is 1.25 bits per heavy atom. The van der Waals surface area contributed by atoms with Crippen molar-refractivity contribution in [3.8, 4) is 0 Å². The first-order chi connectivity index (χ1) is 9.40. The lowest BCUT2D eigenvalue weighted by atomic mass is 10.1. The molecule has 20 heavy (non-hydrogen) atoms. The Morgan fingerprint density at radius 3 is 2.35 bits per heavy atom. The summed E-state index contributed by atoms with van der Waals surface area (Å²) in [5.41, 5.74) is 0.881. The molecule has 0 aliphatic carbocycles. The molecule has 0 spiro atoms. The Bertz CT molecular complexity index is 446. The van der Waals surface area contributed by atoms with Crippen LogP contribution in [0.3, 0.4) is 0 Å². The maximum absolute atomic E-state index is 11.9. The summed E-state index contributed by atoms with van der Waals surface area (Å²) in [6.07, 6.45) is 0.275. The minimum absolute atomic E-state index is 0.275. The molecule has 2 amide bonds. The van der Waals surface area contributed by atoms with Crippen molar-refractivity contribution in [2.75, 3.05) is 13.6 Å². The van der Waals surface area contributed by atoms with Gasteiger partial charge in [0.05, 0.1) is 0 Å². The summed E-state index contributed by atoms with van der Waals surface area (Å²) in [7, 11) is 1.66. The first-order valence-electron chi connectivity index (χ1n) is 6.68. The van der Waals surface area contributed by atoms with Gasteiger partial charge in [-0.2, -0.15) is 0 Å². The van der Waals surface area contributed by atoms with Crippen molar-refractivity contribution in [1.29, 1.82) is 0 Å². The molecule has 0 fully saturated rings.